The highest BCUT2D eigenvalue weighted by molar-refractivity contribution is 6.66. The van der Waals surface area contributed by atoms with Crippen molar-refractivity contribution >= 4 is 8.56 Å². The summed E-state index contributed by atoms with van der Waals surface area (Å²) in [6.07, 6.45) is -12.0. The van der Waals surface area contributed by atoms with Crippen LogP contribution >= 0.6 is 0 Å². The minimum Gasteiger partial charge on any atom is -0.392 e. The third-order valence-electron chi connectivity index (χ3n) is 4.65. The van der Waals surface area contributed by atoms with Crippen molar-refractivity contribution in [1.82, 2.24) is 0 Å². The molecule has 0 spiro atoms. The van der Waals surface area contributed by atoms with Crippen LogP contribution in [0.3, 0.4) is 0 Å². The summed E-state index contributed by atoms with van der Waals surface area (Å²) in [5, 5.41) is 0. The van der Waals surface area contributed by atoms with Crippen molar-refractivity contribution < 1.29 is 83.5 Å². The Morgan fingerprint density at radius 2 is 0.757 bits per heavy atom. The van der Waals surface area contributed by atoms with Gasteiger partial charge >= 0.3 is 56.2 Å². The van der Waals surface area contributed by atoms with Gasteiger partial charge in [0.15, 0.2) is 0 Å². The van der Waals surface area contributed by atoms with Crippen molar-refractivity contribution in [2.75, 3.05) is 0 Å². The first-order valence-corrected chi connectivity index (χ1v) is 12.4. The van der Waals surface area contributed by atoms with Gasteiger partial charge in [0.25, 0.3) is 0 Å². The van der Waals surface area contributed by atoms with E-state index in [2.05, 4.69) is 0 Å². The molecule has 0 saturated carbocycles. The van der Waals surface area contributed by atoms with E-state index in [1.54, 1.807) is 0 Å². The third kappa shape index (κ3) is 6.09. The lowest BCUT2D eigenvalue weighted by atomic mass is 9.88. The molecule has 0 aromatic heterocycles. The van der Waals surface area contributed by atoms with E-state index in [0.717, 1.165) is 6.55 Å². The Bertz CT molecular complexity index is 766. The van der Waals surface area contributed by atoms with Crippen molar-refractivity contribution in [2.45, 2.75) is 107 Å². The fourth-order valence-electron chi connectivity index (χ4n) is 2.88. The predicted molar refractivity (Wildman–Crippen MR) is 94.2 cm³/mol. The van der Waals surface area contributed by atoms with Gasteiger partial charge in [-0.3, -0.25) is 0 Å². The molecule has 0 saturated heterocycles. The first-order chi connectivity index (χ1) is 15.8. The standard InChI is InChI=1S/C17H21F17O2Si/c1-8(2)35-37(5,36-9(3)4)7-6-10(18,19)11(20,21)12(22,23)13(24,25)14(26,27)15(28,29)16(30,31)17(32,33)34/h8-9H,6-7H2,1-5H3. The summed E-state index contributed by atoms with van der Waals surface area (Å²) in [6, 6.07) is -1.40. The second-order valence-electron chi connectivity index (χ2n) is 8.62. The van der Waals surface area contributed by atoms with Crippen LogP contribution in [0.15, 0.2) is 0 Å². The van der Waals surface area contributed by atoms with E-state index in [-0.39, 0.29) is 0 Å². The highest BCUT2D eigenvalue weighted by atomic mass is 28.4. The van der Waals surface area contributed by atoms with Gasteiger partial charge in [-0.2, -0.15) is 74.6 Å². The number of halogens is 17. The molecule has 224 valence electrons. The molecule has 0 fully saturated rings. The molecular formula is C17H21F17O2Si. The maximum absolute atomic E-state index is 14.1. The highest BCUT2D eigenvalue weighted by Crippen LogP contribution is 2.64. The van der Waals surface area contributed by atoms with Crippen LogP contribution in [0, 0.1) is 0 Å². The molecule has 0 bridgehead atoms. The van der Waals surface area contributed by atoms with Crippen molar-refractivity contribution in [1.29, 1.82) is 0 Å². The zero-order chi connectivity index (χ0) is 30.5. The Kier molecular flexibility index (Phi) is 9.87. The van der Waals surface area contributed by atoms with E-state index in [1.165, 1.54) is 27.7 Å². The molecule has 0 unspecified atom stereocenters. The van der Waals surface area contributed by atoms with Gasteiger partial charge in [0.1, 0.15) is 0 Å². The second kappa shape index (κ2) is 10.2. The van der Waals surface area contributed by atoms with E-state index < -0.39 is 80.9 Å². The van der Waals surface area contributed by atoms with Crippen molar-refractivity contribution in [2.24, 2.45) is 0 Å². The zero-order valence-electron chi connectivity index (χ0n) is 19.3. The molecule has 0 amide bonds. The summed E-state index contributed by atoms with van der Waals surface area (Å²) in [7, 11) is -4.02. The van der Waals surface area contributed by atoms with E-state index in [0.29, 0.717) is 0 Å². The lowest BCUT2D eigenvalue weighted by molar-refractivity contribution is -0.461. The van der Waals surface area contributed by atoms with Crippen LogP contribution in [0.25, 0.3) is 0 Å². The topological polar surface area (TPSA) is 18.5 Å². The van der Waals surface area contributed by atoms with Gasteiger partial charge in [-0.05, 0) is 40.3 Å². The van der Waals surface area contributed by atoms with Crippen molar-refractivity contribution in [3.63, 3.8) is 0 Å². The fourth-order valence-corrected chi connectivity index (χ4v) is 5.93. The molecule has 0 radical (unpaired) electrons. The van der Waals surface area contributed by atoms with E-state index in [9.17, 15) is 74.6 Å². The largest absolute Gasteiger partial charge is 0.460 e. The summed E-state index contributed by atoms with van der Waals surface area (Å²) in [4.78, 5) is 0. The van der Waals surface area contributed by atoms with Crippen LogP contribution in [0.2, 0.25) is 12.6 Å². The molecule has 20 heteroatoms. The normalized spacial score (nSPS) is 16.2. The maximum Gasteiger partial charge on any atom is 0.460 e. The average molecular weight is 608 g/mol. The van der Waals surface area contributed by atoms with Crippen LogP contribution in [0.4, 0.5) is 74.6 Å². The first kappa shape index (κ1) is 35.9. The van der Waals surface area contributed by atoms with E-state index in [4.69, 9.17) is 8.85 Å². The van der Waals surface area contributed by atoms with E-state index >= 15 is 0 Å². The Hall–Kier alpha value is -1.05. The van der Waals surface area contributed by atoms with Gasteiger partial charge in [-0.15, -0.1) is 0 Å². The predicted octanol–water partition coefficient (Wildman–Crippen LogP) is 8.31. The Morgan fingerprint density at radius 1 is 0.486 bits per heavy atom. The minimum absolute atomic E-state index is 0.855. The summed E-state index contributed by atoms with van der Waals surface area (Å²) in [5.41, 5.74) is 0. The molecule has 0 aromatic rings. The smallest absolute Gasteiger partial charge is 0.392 e. The van der Waals surface area contributed by atoms with E-state index in [1.807, 2.05) is 0 Å². The highest BCUT2D eigenvalue weighted by Gasteiger charge is 2.95. The molecular weight excluding hydrogens is 587 g/mol. The Labute approximate surface area is 199 Å². The number of hydrogen-bond donors (Lipinski definition) is 0. The monoisotopic (exact) mass is 608 g/mol. The van der Waals surface area contributed by atoms with Crippen LogP contribution < -0.4 is 0 Å². The molecule has 37 heavy (non-hydrogen) atoms. The zero-order valence-corrected chi connectivity index (χ0v) is 20.3. The van der Waals surface area contributed by atoms with Gasteiger partial charge in [0.2, 0.25) is 0 Å². The summed E-state index contributed by atoms with van der Waals surface area (Å²) >= 11 is 0. The number of alkyl halides is 17. The van der Waals surface area contributed by atoms with Gasteiger partial charge in [0.05, 0.1) is 0 Å². The molecule has 0 N–H and O–H groups in total. The quantitative estimate of drug-likeness (QED) is 0.155. The second-order valence-corrected chi connectivity index (χ2v) is 11.9. The Morgan fingerprint density at radius 3 is 1.03 bits per heavy atom. The van der Waals surface area contributed by atoms with Gasteiger partial charge in [-0.25, -0.2) is 0 Å². The van der Waals surface area contributed by atoms with Crippen molar-refractivity contribution in [3.05, 3.63) is 0 Å². The molecule has 0 atom stereocenters. The molecule has 0 rings (SSSR count). The SMILES string of the molecule is CC(C)O[Si](C)(CCC(F)(F)C(F)(F)C(F)(F)C(F)(F)C(F)(F)C(F)(F)C(F)(F)C(F)(F)F)OC(C)C. The molecule has 0 aromatic carbocycles. The van der Waals surface area contributed by atoms with Crippen LogP contribution in [-0.2, 0) is 8.85 Å². The number of hydrogen-bond acceptors (Lipinski definition) is 2. The average Bonchev–Trinajstić information content (AvgIpc) is 2.63. The third-order valence-corrected chi connectivity index (χ3v) is 7.75. The van der Waals surface area contributed by atoms with Crippen LogP contribution in [0.1, 0.15) is 34.1 Å². The molecule has 0 aliphatic rings. The summed E-state index contributed by atoms with van der Waals surface area (Å²) in [5.74, 6) is -56.3. The van der Waals surface area contributed by atoms with Crippen LogP contribution in [0.5, 0.6) is 0 Å². The lowest BCUT2D eigenvalue weighted by Gasteiger charge is -2.43. The lowest BCUT2D eigenvalue weighted by Crippen LogP contribution is -2.74. The van der Waals surface area contributed by atoms with Gasteiger partial charge < -0.3 is 8.85 Å². The molecule has 0 heterocycles. The number of rotatable bonds is 13. The fraction of sp³-hybridized carbons (Fsp3) is 1.00. The molecule has 2 nitrogen and oxygen atoms in total. The van der Waals surface area contributed by atoms with Crippen LogP contribution in [-0.4, -0.2) is 68.4 Å². The summed E-state index contributed by atoms with van der Waals surface area (Å²) < 4.78 is 237. The maximum atomic E-state index is 14.1. The van der Waals surface area contributed by atoms with Gasteiger partial charge in [-0.1, -0.05) is 0 Å². The Balaban J connectivity index is 6.53. The first-order valence-electron chi connectivity index (χ1n) is 9.86. The minimum atomic E-state index is -8.63. The van der Waals surface area contributed by atoms with Gasteiger partial charge in [0, 0.05) is 18.6 Å². The molecule has 0 aliphatic carbocycles. The van der Waals surface area contributed by atoms with Crippen molar-refractivity contribution in [3.8, 4) is 0 Å². The molecule has 0 aliphatic heterocycles. The summed E-state index contributed by atoms with van der Waals surface area (Å²) in [6.45, 7) is 6.09.